The predicted molar refractivity (Wildman–Crippen MR) is 55.9 cm³/mol. The molecule has 0 rings (SSSR count). The minimum Gasteiger partial charge on any atom is -0.327 e. The Morgan fingerprint density at radius 1 is 0.917 bits per heavy atom. The van der Waals surface area contributed by atoms with Crippen molar-refractivity contribution in [1.29, 1.82) is 0 Å². The van der Waals surface area contributed by atoms with Crippen LogP contribution in [0, 0.1) is 5.92 Å². The number of hydrogen-bond acceptors (Lipinski definition) is 1. The second-order valence-electron chi connectivity index (χ2n) is 3.00. The first-order chi connectivity index (χ1) is 5.76. The molecule has 1 unspecified atom stereocenters. The van der Waals surface area contributed by atoms with Crippen molar-refractivity contribution in [1.82, 2.24) is 0 Å². The Morgan fingerprint density at radius 3 is 1.67 bits per heavy atom. The van der Waals surface area contributed by atoms with Crippen LogP contribution in [0.1, 0.15) is 19.3 Å². The Morgan fingerprint density at radius 2 is 1.33 bits per heavy atom. The Balaban J connectivity index is 3.96. The molecule has 0 aliphatic rings. The zero-order chi connectivity index (χ0) is 9.40. The molecule has 0 bridgehead atoms. The third-order valence-electron chi connectivity index (χ3n) is 1.98. The largest absolute Gasteiger partial charge is 0.327 e. The monoisotopic (exact) mass is 165 g/mol. The van der Waals surface area contributed by atoms with Gasteiger partial charge >= 0.3 is 0 Å². The van der Waals surface area contributed by atoms with Crippen molar-refractivity contribution >= 4 is 0 Å². The highest BCUT2D eigenvalue weighted by Gasteiger charge is 2.12. The quantitative estimate of drug-likeness (QED) is 0.577. The lowest BCUT2D eigenvalue weighted by Gasteiger charge is -2.19. The van der Waals surface area contributed by atoms with Crippen molar-refractivity contribution in [3.8, 4) is 0 Å². The second-order valence-corrected chi connectivity index (χ2v) is 3.00. The van der Waals surface area contributed by atoms with Crippen molar-refractivity contribution in [3.05, 3.63) is 38.0 Å². The van der Waals surface area contributed by atoms with Gasteiger partial charge < -0.3 is 5.73 Å². The van der Waals surface area contributed by atoms with E-state index in [9.17, 15) is 0 Å². The fourth-order valence-corrected chi connectivity index (χ4v) is 1.26. The predicted octanol–water partition coefficient (Wildman–Crippen LogP) is 2.66. The maximum Gasteiger partial charge on any atom is 0.0108 e. The van der Waals surface area contributed by atoms with Gasteiger partial charge in [-0.3, -0.25) is 0 Å². The van der Waals surface area contributed by atoms with Crippen LogP contribution < -0.4 is 5.73 Å². The van der Waals surface area contributed by atoms with Gasteiger partial charge in [0.25, 0.3) is 0 Å². The highest BCUT2D eigenvalue weighted by atomic mass is 14.6. The molecule has 2 N–H and O–H groups in total. The highest BCUT2D eigenvalue weighted by Crippen LogP contribution is 2.15. The average Bonchev–Trinajstić information content (AvgIpc) is 2.04. The van der Waals surface area contributed by atoms with E-state index in [-0.39, 0.29) is 6.04 Å². The standard InChI is InChI=1S/C11H19N/c1-4-7-10(8-5-2)11(12)9-6-3/h4-6,10-11H,1-3,7-9,12H2. The Bertz CT molecular complexity index is 139. The van der Waals surface area contributed by atoms with E-state index in [4.69, 9.17) is 5.73 Å². The molecule has 0 spiro atoms. The van der Waals surface area contributed by atoms with Gasteiger partial charge in [0.2, 0.25) is 0 Å². The van der Waals surface area contributed by atoms with Gasteiger partial charge in [-0.2, -0.15) is 0 Å². The Kier molecular flexibility index (Phi) is 6.39. The van der Waals surface area contributed by atoms with Gasteiger partial charge in [-0.1, -0.05) is 18.2 Å². The van der Waals surface area contributed by atoms with E-state index in [0.717, 1.165) is 19.3 Å². The van der Waals surface area contributed by atoms with E-state index in [1.807, 2.05) is 18.2 Å². The Labute approximate surface area is 75.7 Å². The molecule has 68 valence electrons. The maximum atomic E-state index is 5.93. The minimum atomic E-state index is 0.193. The zero-order valence-corrected chi connectivity index (χ0v) is 7.71. The van der Waals surface area contributed by atoms with Crippen molar-refractivity contribution in [2.45, 2.75) is 25.3 Å². The molecule has 0 aromatic carbocycles. The summed E-state index contributed by atoms with van der Waals surface area (Å²) < 4.78 is 0. The molecule has 0 fully saturated rings. The summed E-state index contributed by atoms with van der Waals surface area (Å²) >= 11 is 0. The fourth-order valence-electron chi connectivity index (χ4n) is 1.26. The molecule has 0 amide bonds. The topological polar surface area (TPSA) is 26.0 Å². The first kappa shape index (κ1) is 11.2. The van der Waals surface area contributed by atoms with Gasteiger partial charge in [-0.25, -0.2) is 0 Å². The minimum absolute atomic E-state index is 0.193. The summed E-state index contributed by atoms with van der Waals surface area (Å²) in [6.45, 7) is 11.1. The molecule has 0 saturated heterocycles. The van der Waals surface area contributed by atoms with Gasteiger partial charge in [0, 0.05) is 6.04 Å². The highest BCUT2D eigenvalue weighted by molar-refractivity contribution is 4.88. The lowest BCUT2D eigenvalue weighted by atomic mass is 9.91. The molecular formula is C11H19N. The summed E-state index contributed by atoms with van der Waals surface area (Å²) in [5.41, 5.74) is 5.93. The fraction of sp³-hybridized carbons (Fsp3) is 0.455. The van der Waals surface area contributed by atoms with Crippen molar-refractivity contribution < 1.29 is 0 Å². The van der Waals surface area contributed by atoms with Gasteiger partial charge in [-0.05, 0) is 25.2 Å². The van der Waals surface area contributed by atoms with E-state index in [1.165, 1.54) is 0 Å². The summed E-state index contributed by atoms with van der Waals surface area (Å²) in [4.78, 5) is 0. The summed E-state index contributed by atoms with van der Waals surface area (Å²) in [6, 6.07) is 0.193. The van der Waals surface area contributed by atoms with Gasteiger partial charge in [0.1, 0.15) is 0 Å². The molecule has 1 heteroatoms. The molecular weight excluding hydrogens is 146 g/mol. The van der Waals surface area contributed by atoms with Crippen LogP contribution in [-0.2, 0) is 0 Å². The number of hydrogen-bond donors (Lipinski definition) is 1. The molecule has 1 atom stereocenters. The summed E-state index contributed by atoms with van der Waals surface area (Å²) in [7, 11) is 0. The van der Waals surface area contributed by atoms with Crippen LogP contribution >= 0.6 is 0 Å². The molecule has 0 aromatic heterocycles. The van der Waals surface area contributed by atoms with Gasteiger partial charge in [0.05, 0.1) is 0 Å². The van der Waals surface area contributed by atoms with Crippen LogP contribution in [0.4, 0.5) is 0 Å². The average molecular weight is 165 g/mol. The van der Waals surface area contributed by atoms with E-state index in [2.05, 4.69) is 19.7 Å². The molecule has 1 nitrogen and oxygen atoms in total. The molecule has 0 heterocycles. The third-order valence-corrected chi connectivity index (χ3v) is 1.98. The van der Waals surface area contributed by atoms with E-state index >= 15 is 0 Å². The molecule has 0 aromatic rings. The molecule has 0 saturated carbocycles. The van der Waals surface area contributed by atoms with Crippen LogP contribution in [0.25, 0.3) is 0 Å². The van der Waals surface area contributed by atoms with E-state index in [0.29, 0.717) is 5.92 Å². The Hall–Kier alpha value is -0.820. The second kappa shape index (κ2) is 6.86. The van der Waals surface area contributed by atoms with Crippen LogP contribution in [-0.4, -0.2) is 6.04 Å². The summed E-state index contributed by atoms with van der Waals surface area (Å²) in [5, 5.41) is 0. The van der Waals surface area contributed by atoms with Crippen LogP contribution in [0.5, 0.6) is 0 Å². The van der Waals surface area contributed by atoms with Crippen molar-refractivity contribution in [2.24, 2.45) is 11.7 Å². The SMILES string of the molecule is C=CCC(N)C(CC=C)CC=C. The van der Waals surface area contributed by atoms with E-state index < -0.39 is 0 Å². The lowest BCUT2D eigenvalue weighted by Crippen LogP contribution is -2.28. The molecule has 0 radical (unpaired) electrons. The normalized spacial score (nSPS) is 12.5. The summed E-state index contributed by atoms with van der Waals surface area (Å²) in [5.74, 6) is 0.470. The first-order valence-electron chi connectivity index (χ1n) is 4.34. The lowest BCUT2D eigenvalue weighted by molar-refractivity contribution is 0.430. The molecule has 0 aliphatic heterocycles. The number of rotatable bonds is 7. The van der Waals surface area contributed by atoms with Gasteiger partial charge in [-0.15, -0.1) is 19.7 Å². The third kappa shape index (κ3) is 4.14. The number of nitrogens with two attached hydrogens (primary N) is 1. The van der Waals surface area contributed by atoms with Crippen LogP contribution in [0.15, 0.2) is 38.0 Å². The molecule has 0 aliphatic carbocycles. The zero-order valence-electron chi connectivity index (χ0n) is 7.71. The molecule has 12 heavy (non-hydrogen) atoms. The maximum absolute atomic E-state index is 5.93. The van der Waals surface area contributed by atoms with Gasteiger partial charge in [0.15, 0.2) is 0 Å². The van der Waals surface area contributed by atoms with Crippen LogP contribution in [0.2, 0.25) is 0 Å². The van der Waals surface area contributed by atoms with E-state index in [1.54, 1.807) is 0 Å². The number of allylic oxidation sites excluding steroid dienone is 2. The van der Waals surface area contributed by atoms with Crippen LogP contribution in [0.3, 0.4) is 0 Å². The first-order valence-corrected chi connectivity index (χ1v) is 4.34. The summed E-state index contributed by atoms with van der Waals surface area (Å²) in [6.07, 6.45) is 8.48. The van der Waals surface area contributed by atoms with Crippen molar-refractivity contribution in [3.63, 3.8) is 0 Å². The van der Waals surface area contributed by atoms with Crippen molar-refractivity contribution in [2.75, 3.05) is 0 Å². The smallest absolute Gasteiger partial charge is 0.0108 e.